The summed E-state index contributed by atoms with van der Waals surface area (Å²) in [4.78, 5) is 31.2. The molecule has 0 unspecified atom stereocenters. The Morgan fingerprint density at radius 2 is 1.71 bits per heavy atom. The molecule has 0 heterocycles. The van der Waals surface area contributed by atoms with Gasteiger partial charge in [0.2, 0.25) is 5.91 Å². The molecule has 0 atom stereocenters. The van der Waals surface area contributed by atoms with Crippen molar-refractivity contribution < 1.29 is 28.6 Å². The fraction of sp³-hybridized carbons (Fsp3) is 0.938. The van der Waals surface area contributed by atoms with E-state index in [4.69, 9.17) is 19.3 Å². The zero-order valence-corrected chi connectivity index (χ0v) is 19.5. The highest BCUT2D eigenvalue weighted by molar-refractivity contribution is 8.76. The van der Waals surface area contributed by atoms with Gasteiger partial charge in [0.05, 0.1) is 32.6 Å². The van der Waals surface area contributed by atoms with Crippen LogP contribution in [0.25, 0.3) is 0 Å². The zero-order chi connectivity index (χ0) is 21.1. The molecule has 0 aromatic heterocycles. The quantitative estimate of drug-likeness (QED) is 0.117. The monoisotopic (exact) mass is 461 g/mol. The van der Waals surface area contributed by atoms with Crippen LogP contribution in [-0.2, 0) is 18.8 Å². The van der Waals surface area contributed by atoms with Gasteiger partial charge < -0.3 is 34.8 Å². The van der Waals surface area contributed by atoms with Gasteiger partial charge in [-0.3, -0.25) is 9.36 Å². The summed E-state index contributed by atoms with van der Waals surface area (Å²) in [6.07, 6.45) is 0.891. The van der Waals surface area contributed by atoms with E-state index in [0.717, 1.165) is 18.1 Å². The summed E-state index contributed by atoms with van der Waals surface area (Å²) < 4.78 is 21.6. The molecule has 4 N–H and O–H groups in total. The van der Waals surface area contributed by atoms with E-state index in [2.05, 4.69) is 10.6 Å². The van der Waals surface area contributed by atoms with Gasteiger partial charge in [0.25, 0.3) is 0 Å². The van der Waals surface area contributed by atoms with Crippen molar-refractivity contribution >= 4 is 35.1 Å². The third-order valence-electron chi connectivity index (χ3n) is 3.48. The molecule has 0 aromatic rings. The predicted octanol–water partition coefficient (Wildman–Crippen LogP) is 0.626. The average molecular weight is 462 g/mol. The van der Waals surface area contributed by atoms with Crippen LogP contribution in [0.3, 0.4) is 0 Å². The van der Waals surface area contributed by atoms with Crippen molar-refractivity contribution in [3.05, 3.63) is 0 Å². The van der Waals surface area contributed by atoms with Gasteiger partial charge in [-0.25, -0.2) is 0 Å². The lowest BCUT2D eigenvalue weighted by atomic mass is 10.4. The summed E-state index contributed by atoms with van der Waals surface area (Å²) in [6, 6.07) is 0. The molecule has 0 rings (SSSR count). The lowest BCUT2D eigenvalue weighted by Crippen LogP contribution is -2.28. The van der Waals surface area contributed by atoms with E-state index in [0.29, 0.717) is 58.9 Å². The van der Waals surface area contributed by atoms with Crippen LogP contribution in [0.15, 0.2) is 0 Å². The Bertz CT molecular complexity index is 431. The Morgan fingerprint density at radius 1 is 1.04 bits per heavy atom. The molecule has 1 amide bonds. The van der Waals surface area contributed by atoms with Crippen molar-refractivity contribution in [2.24, 2.45) is 0 Å². The molecule has 12 heteroatoms. The molecule has 0 aliphatic heterocycles. The summed E-state index contributed by atoms with van der Waals surface area (Å²) in [5.41, 5.74) is 0. The average Bonchev–Trinajstić information content (AvgIpc) is 2.62. The highest BCUT2D eigenvalue weighted by Crippen LogP contribution is 2.34. The number of likely N-dealkylation sites (N-methyl/N-ethyl adjacent to an activating group) is 1. The molecule has 0 fully saturated rings. The van der Waals surface area contributed by atoms with Crippen LogP contribution < -0.4 is 10.6 Å². The number of nitrogens with zero attached hydrogens (tertiary/aromatic N) is 1. The number of hydrogen-bond donors (Lipinski definition) is 4. The van der Waals surface area contributed by atoms with Crippen LogP contribution in [0.4, 0.5) is 0 Å². The molecule has 0 aromatic carbocycles. The maximum atomic E-state index is 11.6. The topological polar surface area (TPSA) is 120 Å². The molecule has 28 heavy (non-hydrogen) atoms. The van der Waals surface area contributed by atoms with Gasteiger partial charge in [0.1, 0.15) is 0 Å². The molecule has 0 saturated carbocycles. The van der Waals surface area contributed by atoms with Crippen molar-refractivity contribution in [3.63, 3.8) is 0 Å². The fourth-order valence-corrected chi connectivity index (χ4v) is 4.50. The number of hydrogen-bond acceptors (Lipinski definition) is 8. The van der Waals surface area contributed by atoms with Gasteiger partial charge >= 0.3 is 7.60 Å². The first-order valence-corrected chi connectivity index (χ1v) is 13.7. The van der Waals surface area contributed by atoms with E-state index >= 15 is 0 Å². The van der Waals surface area contributed by atoms with Crippen molar-refractivity contribution in [2.75, 3.05) is 84.4 Å². The highest BCUT2D eigenvalue weighted by Gasteiger charge is 2.12. The molecule has 0 bridgehead atoms. The minimum absolute atomic E-state index is 0.0448. The molecule has 0 saturated heterocycles. The third-order valence-corrected chi connectivity index (χ3v) is 6.79. The Labute approximate surface area is 176 Å². The van der Waals surface area contributed by atoms with Crippen molar-refractivity contribution in [1.29, 1.82) is 0 Å². The molecule has 9 nitrogen and oxygen atoms in total. The van der Waals surface area contributed by atoms with Gasteiger partial charge in [-0.1, -0.05) is 21.6 Å². The second-order valence-electron chi connectivity index (χ2n) is 6.12. The van der Waals surface area contributed by atoms with Crippen molar-refractivity contribution in [2.45, 2.75) is 12.8 Å². The van der Waals surface area contributed by atoms with Gasteiger partial charge in [0.15, 0.2) is 0 Å². The smallest absolute Gasteiger partial charge is 0.325 e. The third kappa shape index (κ3) is 22.4. The first kappa shape index (κ1) is 28.2. The second-order valence-corrected chi connectivity index (χ2v) is 10.6. The number of rotatable bonds is 20. The number of amides is 1. The first-order chi connectivity index (χ1) is 13.3. The number of carbonyl (C=O) groups is 1. The normalized spacial score (nSPS) is 11.9. The van der Waals surface area contributed by atoms with Crippen LogP contribution in [-0.4, -0.2) is 105 Å². The molecule has 0 aliphatic carbocycles. The maximum Gasteiger partial charge on any atom is 0.325 e. The lowest BCUT2D eigenvalue weighted by Gasteiger charge is -2.16. The summed E-state index contributed by atoms with van der Waals surface area (Å²) >= 11 is 0. The minimum Gasteiger partial charge on any atom is -0.378 e. The summed E-state index contributed by atoms with van der Waals surface area (Å²) in [5.74, 6) is 1.89. The molecule has 0 radical (unpaired) electrons. The number of ether oxygens (including phenoxy) is 2. The minimum atomic E-state index is -3.89. The number of nitrogens with one attached hydrogen (secondary N) is 2. The van der Waals surface area contributed by atoms with Crippen molar-refractivity contribution in [3.8, 4) is 0 Å². The highest BCUT2D eigenvalue weighted by atomic mass is 33.1. The van der Waals surface area contributed by atoms with Gasteiger partial charge in [0, 0.05) is 37.6 Å². The Kier molecular flexibility index (Phi) is 19.3. The maximum absolute atomic E-state index is 11.6. The first-order valence-electron chi connectivity index (χ1n) is 9.39. The van der Waals surface area contributed by atoms with Crippen molar-refractivity contribution in [1.82, 2.24) is 15.5 Å². The van der Waals surface area contributed by atoms with E-state index in [-0.39, 0.29) is 12.1 Å². The van der Waals surface area contributed by atoms with Crippen LogP contribution >= 0.6 is 29.2 Å². The number of carbonyl (C=O) groups excluding carboxylic acids is 1. The zero-order valence-electron chi connectivity index (χ0n) is 16.9. The standard InChI is InChI=1S/C16H36N3O6PS2/c1-17-6-15-28-27-14-4-16(20)18-5-9-24-11-12-25-10-8-19(2)7-3-13-26(21,22)23/h17H,3-15H2,1-2H3,(H,18,20)(H2,21,22,23). The Balaban J connectivity index is 3.30. The van der Waals surface area contributed by atoms with E-state index in [1.165, 1.54) is 0 Å². The molecule has 0 aliphatic rings. The SMILES string of the molecule is CNCCSSCCC(=O)NCCOCCOCCN(C)CCCP(=O)(O)O. The predicted molar refractivity (Wildman–Crippen MR) is 117 cm³/mol. The van der Waals surface area contributed by atoms with E-state index < -0.39 is 7.60 Å². The second kappa shape index (κ2) is 19.1. The van der Waals surface area contributed by atoms with E-state index in [1.807, 2.05) is 19.0 Å². The summed E-state index contributed by atoms with van der Waals surface area (Å²) in [7, 11) is 3.40. The molecule has 0 spiro atoms. The van der Waals surface area contributed by atoms with Crippen LogP contribution in [0, 0.1) is 0 Å². The van der Waals surface area contributed by atoms with Crippen LogP contribution in [0.5, 0.6) is 0 Å². The van der Waals surface area contributed by atoms with E-state index in [1.54, 1.807) is 21.6 Å². The van der Waals surface area contributed by atoms with Gasteiger partial charge in [-0.15, -0.1) is 0 Å². The summed E-state index contributed by atoms with van der Waals surface area (Å²) in [5, 5.41) is 5.91. The fourth-order valence-electron chi connectivity index (χ4n) is 1.95. The van der Waals surface area contributed by atoms with Crippen LogP contribution in [0.1, 0.15) is 12.8 Å². The molecule has 168 valence electrons. The molecular formula is C16H36N3O6PS2. The van der Waals surface area contributed by atoms with Gasteiger partial charge in [-0.05, 0) is 27.1 Å². The van der Waals surface area contributed by atoms with Crippen LogP contribution in [0.2, 0.25) is 0 Å². The molecular weight excluding hydrogens is 425 g/mol. The Hall–Kier alpha value is 0.160. The Morgan fingerprint density at radius 3 is 2.39 bits per heavy atom. The largest absolute Gasteiger partial charge is 0.378 e. The lowest BCUT2D eigenvalue weighted by molar-refractivity contribution is -0.120. The summed E-state index contributed by atoms with van der Waals surface area (Å²) in [6.45, 7) is 4.73. The van der Waals surface area contributed by atoms with Gasteiger partial charge in [-0.2, -0.15) is 0 Å². The van der Waals surface area contributed by atoms with E-state index in [9.17, 15) is 9.36 Å².